The van der Waals surface area contributed by atoms with Crippen molar-refractivity contribution in [1.82, 2.24) is 0 Å². The molecule has 52 valence electrons. The van der Waals surface area contributed by atoms with Crippen LogP contribution < -0.4 is 0 Å². The summed E-state index contributed by atoms with van der Waals surface area (Å²) in [6.07, 6.45) is 6.09. The number of hydrogen-bond acceptors (Lipinski definition) is 1. The van der Waals surface area contributed by atoms with E-state index in [4.69, 9.17) is 0 Å². The third-order valence-electron chi connectivity index (χ3n) is 2.35. The predicted molar refractivity (Wildman–Crippen MR) is 37.2 cm³/mol. The normalized spacial score (nSPS) is 36.1. The fraction of sp³-hybridized carbons (Fsp3) is 0.875. The van der Waals surface area contributed by atoms with Gasteiger partial charge >= 0.3 is 0 Å². The second kappa shape index (κ2) is 3.00. The van der Waals surface area contributed by atoms with Crippen molar-refractivity contribution in [2.45, 2.75) is 32.6 Å². The molecule has 0 amide bonds. The average molecular weight is 126 g/mol. The number of carbonyl (C=O) groups excluding carboxylic acids is 1. The Kier molecular flexibility index (Phi) is 2.26. The molecule has 0 heterocycles. The van der Waals surface area contributed by atoms with Gasteiger partial charge in [0, 0.05) is 5.92 Å². The molecule has 0 saturated heterocycles. The lowest BCUT2D eigenvalue weighted by Gasteiger charge is -2.23. The molecule has 0 radical (unpaired) electrons. The summed E-state index contributed by atoms with van der Waals surface area (Å²) in [5.41, 5.74) is 0. The minimum Gasteiger partial charge on any atom is -0.303 e. The van der Waals surface area contributed by atoms with E-state index < -0.39 is 0 Å². The van der Waals surface area contributed by atoms with E-state index >= 15 is 0 Å². The van der Waals surface area contributed by atoms with E-state index in [0.29, 0.717) is 11.8 Å². The Morgan fingerprint density at radius 1 is 1.33 bits per heavy atom. The number of rotatable bonds is 1. The molecular formula is C8H14O. The van der Waals surface area contributed by atoms with Crippen molar-refractivity contribution < 1.29 is 4.79 Å². The van der Waals surface area contributed by atoms with Gasteiger partial charge in [-0.05, 0) is 12.3 Å². The van der Waals surface area contributed by atoms with Gasteiger partial charge in [-0.3, -0.25) is 0 Å². The van der Waals surface area contributed by atoms with Gasteiger partial charge in [0.25, 0.3) is 0 Å². The van der Waals surface area contributed by atoms with Crippen LogP contribution in [0.5, 0.6) is 0 Å². The summed E-state index contributed by atoms with van der Waals surface area (Å²) in [6, 6.07) is 0. The Bertz CT molecular complexity index is 98.7. The van der Waals surface area contributed by atoms with Gasteiger partial charge in [0.15, 0.2) is 0 Å². The van der Waals surface area contributed by atoms with Gasteiger partial charge in [-0.25, -0.2) is 0 Å². The number of hydrogen-bond donors (Lipinski definition) is 0. The van der Waals surface area contributed by atoms with Crippen molar-refractivity contribution >= 4 is 6.29 Å². The Morgan fingerprint density at radius 2 is 2.00 bits per heavy atom. The maximum Gasteiger partial charge on any atom is 0.123 e. The van der Waals surface area contributed by atoms with Crippen LogP contribution >= 0.6 is 0 Å². The smallest absolute Gasteiger partial charge is 0.123 e. The Labute approximate surface area is 56.4 Å². The van der Waals surface area contributed by atoms with Crippen LogP contribution in [0.4, 0.5) is 0 Å². The summed E-state index contributed by atoms with van der Waals surface area (Å²) in [6.45, 7) is 2.18. The Hall–Kier alpha value is -0.330. The molecule has 1 saturated carbocycles. The van der Waals surface area contributed by atoms with E-state index in [1.807, 2.05) is 0 Å². The van der Waals surface area contributed by atoms with Gasteiger partial charge in [0.1, 0.15) is 6.29 Å². The monoisotopic (exact) mass is 126 g/mol. The molecule has 1 rings (SSSR count). The molecule has 1 fully saturated rings. The highest BCUT2D eigenvalue weighted by Gasteiger charge is 2.19. The van der Waals surface area contributed by atoms with E-state index in [1.165, 1.54) is 19.3 Å². The molecule has 0 aromatic heterocycles. The summed E-state index contributed by atoms with van der Waals surface area (Å²) < 4.78 is 0. The van der Waals surface area contributed by atoms with Crippen LogP contribution in [0.3, 0.4) is 0 Å². The van der Waals surface area contributed by atoms with Crippen LogP contribution in [-0.4, -0.2) is 6.29 Å². The van der Waals surface area contributed by atoms with E-state index in [9.17, 15) is 4.79 Å². The van der Waals surface area contributed by atoms with Gasteiger partial charge in [0.05, 0.1) is 0 Å². The van der Waals surface area contributed by atoms with Crippen molar-refractivity contribution in [2.24, 2.45) is 11.8 Å². The molecule has 1 aliphatic rings. The third-order valence-corrected chi connectivity index (χ3v) is 2.35. The molecule has 1 aliphatic carbocycles. The van der Waals surface area contributed by atoms with Crippen LogP contribution in [0.15, 0.2) is 0 Å². The standard InChI is InChI=1S/C8H14O/c1-7-4-2-3-5-8(7)6-9/h6-8H,2-5H2,1H3/t7-,8?/m0/s1. The van der Waals surface area contributed by atoms with Gasteiger partial charge < -0.3 is 4.79 Å². The van der Waals surface area contributed by atoms with E-state index in [0.717, 1.165) is 12.7 Å². The summed E-state index contributed by atoms with van der Waals surface area (Å²) in [5, 5.41) is 0. The van der Waals surface area contributed by atoms with Crippen LogP contribution in [-0.2, 0) is 4.79 Å². The lowest BCUT2D eigenvalue weighted by atomic mass is 9.81. The van der Waals surface area contributed by atoms with Crippen LogP contribution in [0.25, 0.3) is 0 Å². The summed E-state index contributed by atoms with van der Waals surface area (Å²) >= 11 is 0. The van der Waals surface area contributed by atoms with Crippen molar-refractivity contribution in [2.75, 3.05) is 0 Å². The van der Waals surface area contributed by atoms with Gasteiger partial charge in [-0.15, -0.1) is 0 Å². The van der Waals surface area contributed by atoms with Crippen LogP contribution in [0.1, 0.15) is 32.6 Å². The highest BCUT2D eigenvalue weighted by atomic mass is 16.1. The quantitative estimate of drug-likeness (QED) is 0.491. The minimum absolute atomic E-state index is 0.374. The summed E-state index contributed by atoms with van der Waals surface area (Å²) in [4.78, 5) is 10.4. The molecule has 0 aromatic rings. The maximum absolute atomic E-state index is 10.4. The maximum atomic E-state index is 10.4. The van der Waals surface area contributed by atoms with Gasteiger partial charge in [-0.1, -0.05) is 26.2 Å². The van der Waals surface area contributed by atoms with Crippen molar-refractivity contribution in [1.29, 1.82) is 0 Å². The fourth-order valence-electron chi connectivity index (χ4n) is 1.55. The zero-order valence-electron chi connectivity index (χ0n) is 5.97. The molecule has 0 bridgehead atoms. The topological polar surface area (TPSA) is 17.1 Å². The van der Waals surface area contributed by atoms with Gasteiger partial charge in [0.2, 0.25) is 0 Å². The second-order valence-electron chi connectivity index (χ2n) is 3.06. The van der Waals surface area contributed by atoms with Gasteiger partial charge in [-0.2, -0.15) is 0 Å². The van der Waals surface area contributed by atoms with E-state index in [2.05, 4.69) is 6.92 Å². The molecule has 0 aromatic carbocycles. The highest BCUT2D eigenvalue weighted by Crippen LogP contribution is 2.27. The van der Waals surface area contributed by atoms with E-state index in [1.54, 1.807) is 0 Å². The second-order valence-corrected chi connectivity index (χ2v) is 3.06. The molecule has 0 aliphatic heterocycles. The third kappa shape index (κ3) is 1.54. The largest absolute Gasteiger partial charge is 0.303 e. The van der Waals surface area contributed by atoms with Crippen molar-refractivity contribution in [3.63, 3.8) is 0 Å². The molecule has 1 nitrogen and oxygen atoms in total. The Balaban J connectivity index is 2.38. The minimum atomic E-state index is 0.374. The highest BCUT2D eigenvalue weighted by molar-refractivity contribution is 5.54. The fourth-order valence-corrected chi connectivity index (χ4v) is 1.55. The van der Waals surface area contributed by atoms with Crippen molar-refractivity contribution in [3.8, 4) is 0 Å². The van der Waals surface area contributed by atoms with Crippen LogP contribution in [0, 0.1) is 11.8 Å². The predicted octanol–water partition coefficient (Wildman–Crippen LogP) is 2.01. The molecular weight excluding hydrogens is 112 g/mol. The SMILES string of the molecule is C[C@H]1CCCCC1C=O. The lowest BCUT2D eigenvalue weighted by molar-refractivity contribution is -0.113. The summed E-state index contributed by atoms with van der Waals surface area (Å²) in [5.74, 6) is 1.02. The molecule has 0 N–H and O–H groups in total. The molecule has 1 unspecified atom stereocenters. The lowest BCUT2D eigenvalue weighted by Crippen LogP contribution is -2.17. The zero-order chi connectivity index (χ0) is 6.69. The average Bonchev–Trinajstić information content (AvgIpc) is 1.89. The van der Waals surface area contributed by atoms with Crippen LogP contribution in [0.2, 0.25) is 0 Å². The molecule has 9 heavy (non-hydrogen) atoms. The molecule has 2 atom stereocenters. The van der Waals surface area contributed by atoms with E-state index in [-0.39, 0.29) is 0 Å². The first-order valence-electron chi connectivity index (χ1n) is 3.80. The first-order chi connectivity index (χ1) is 4.34. The molecule has 0 spiro atoms. The number of carbonyl (C=O) groups is 1. The molecule has 1 heteroatoms. The first-order valence-corrected chi connectivity index (χ1v) is 3.80. The Morgan fingerprint density at radius 3 is 2.44 bits per heavy atom. The van der Waals surface area contributed by atoms with Crippen molar-refractivity contribution in [3.05, 3.63) is 0 Å². The number of aldehydes is 1. The first kappa shape index (κ1) is 6.79. The summed E-state index contributed by atoms with van der Waals surface area (Å²) in [7, 11) is 0. The zero-order valence-corrected chi connectivity index (χ0v) is 5.97.